The van der Waals surface area contributed by atoms with E-state index in [9.17, 15) is 23.2 Å². The molecule has 0 bridgehead atoms. The van der Waals surface area contributed by atoms with E-state index in [2.05, 4.69) is 15.8 Å². The highest BCUT2D eigenvalue weighted by Gasteiger charge is 2.43. The predicted octanol–water partition coefficient (Wildman–Crippen LogP) is 1.53. The third kappa shape index (κ3) is 3.98. The van der Waals surface area contributed by atoms with Gasteiger partial charge in [0.15, 0.2) is 0 Å². The maximum Gasteiger partial charge on any atom is 0.325 e. The lowest BCUT2D eigenvalue weighted by Crippen LogP contribution is -2.40. The monoisotopic (exact) mass is 352 g/mol. The molecule has 1 aromatic rings. The number of hydrazone groups is 1. The van der Waals surface area contributed by atoms with Gasteiger partial charge in [-0.2, -0.15) is 5.10 Å². The highest BCUT2D eigenvalue weighted by molar-refractivity contribution is 6.06. The SMILES string of the molecule is C/C(=N/NC(=O)CCN1C(=O)NC(C)(C)C1=O)c1c(F)cccc1F. The number of carbonyl (C=O) groups is 3. The van der Waals surface area contributed by atoms with Crippen molar-refractivity contribution in [3.63, 3.8) is 0 Å². The Balaban J connectivity index is 1.95. The summed E-state index contributed by atoms with van der Waals surface area (Å²) in [6, 6.07) is 2.81. The van der Waals surface area contributed by atoms with Gasteiger partial charge in [0, 0.05) is 13.0 Å². The van der Waals surface area contributed by atoms with Crippen LogP contribution in [0.1, 0.15) is 32.8 Å². The van der Waals surface area contributed by atoms with Crippen LogP contribution in [0, 0.1) is 11.6 Å². The molecule has 134 valence electrons. The molecule has 0 radical (unpaired) electrons. The third-order valence-electron chi connectivity index (χ3n) is 3.68. The molecule has 4 amide bonds. The summed E-state index contributed by atoms with van der Waals surface area (Å²) < 4.78 is 27.2. The van der Waals surface area contributed by atoms with Crippen LogP contribution < -0.4 is 10.7 Å². The van der Waals surface area contributed by atoms with Crippen LogP contribution in [-0.4, -0.2) is 40.5 Å². The molecule has 1 fully saturated rings. The van der Waals surface area contributed by atoms with Crippen molar-refractivity contribution >= 4 is 23.6 Å². The zero-order valence-corrected chi connectivity index (χ0v) is 14.0. The molecule has 9 heteroatoms. The first-order valence-electron chi connectivity index (χ1n) is 7.55. The fourth-order valence-electron chi connectivity index (χ4n) is 2.34. The number of hydrogen-bond acceptors (Lipinski definition) is 4. The Morgan fingerprint density at radius 1 is 1.28 bits per heavy atom. The van der Waals surface area contributed by atoms with Crippen molar-refractivity contribution in [2.75, 3.05) is 6.54 Å². The Labute approximate surface area is 143 Å². The molecule has 0 atom stereocenters. The number of imide groups is 1. The molecule has 1 saturated heterocycles. The number of amides is 4. The zero-order chi connectivity index (χ0) is 18.8. The molecule has 2 rings (SSSR count). The standard InChI is InChI=1S/C16H18F2N4O3/c1-9(13-10(17)5-4-6-11(13)18)20-21-12(23)7-8-22-14(24)16(2,3)19-15(22)25/h4-6H,7-8H2,1-3H3,(H,19,25)(H,21,23)/b20-9-. The summed E-state index contributed by atoms with van der Waals surface area (Å²) in [6.45, 7) is 4.35. The van der Waals surface area contributed by atoms with Crippen molar-refractivity contribution in [1.82, 2.24) is 15.6 Å². The fraction of sp³-hybridized carbons (Fsp3) is 0.375. The molecule has 2 N–H and O–H groups in total. The van der Waals surface area contributed by atoms with Crippen LogP contribution in [-0.2, 0) is 9.59 Å². The molecular weight excluding hydrogens is 334 g/mol. The van der Waals surface area contributed by atoms with Gasteiger partial charge in [-0.05, 0) is 32.9 Å². The Kier molecular flexibility index (Phi) is 5.15. The van der Waals surface area contributed by atoms with E-state index in [0.29, 0.717) is 0 Å². The topological polar surface area (TPSA) is 90.9 Å². The number of nitrogens with one attached hydrogen (secondary N) is 2. The van der Waals surface area contributed by atoms with Gasteiger partial charge in [-0.1, -0.05) is 6.07 Å². The fourth-order valence-corrected chi connectivity index (χ4v) is 2.34. The van der Waals surface area contributed by atoms with Gasteiger partial charge in [0.05, 0.1) is 11.3 Å². The highest BCUT2D eigenvalue weighted by atomic mass is 19.1. The minimum atomic E-state index is -1.01. The summed E-state index contributed by atoms with van der Waals surface area (Å²) in [6.07, 6.45) is -0.189. The van der Waals surface area contributed by atoms with Gasteiger partial charge in [-0.3, -0.25) is 14.5 Å². The first-order chi connectivity index (χ1) is 11.6. The molecule has 1 aliphatic heterocycles. The highest BCUT2D eigenvalue weighted by Crippen LogP contribution is 2.16. The van der Waals surface area contributed by atoms with Gasteiger partial charge < -0.3 is 5.32 Å². The van der Waals surface area contributed by atoms with E-state index in [1.165, 1.54) is 13.0 Å². The summed E-state index contributed by atoms with van der Waals surface area (Å²) in [5, 5.41) is 6.16. The Hall–Kier alpha value is -2.84. The van der Waals surface area contributed by atoms with Crippen molar-refractivity contribution in [3.8, 4) is 0 Å². The first kappa shape index (κ1) is 18.5. The van der Waals surface area contributed by atoms with E-state index in [1.807, 2.05) is 0 Å². The van der Waals surface area contributed by atoms with E-state index < -0.39 is 35.0 Å². The molecule has 1 aromatic carbocycles. The number of urea groups is 1. The average Bonchev–Trinajstić information content (AvgIpc) is 2.71. The number of halogens is 2. The van der Waals surface area contributed by atoms with Crippen LogP contribution >= 0.6 is 0 Å². The first-order valence-corrected chi connectivity index (χ1v) is 7.55. The predicted molar refractivity (Wildman–Crippen MR) is 85.7 cm³/mol. The molecule has 0 aliphatic carbocycles. The van der Waals surface area contributed by atoms with E-state index in [0.717, 1.165) is 17.0 Å². The van der Waals surface area contributed by atoms with Gasteiger partial charge >= 0.3 is 6.03 Å². The Morgan fingerprint density at radius 2 is 1.88 bits per heavy atom. The number of hydrogen-bond donors (Lipinski definition) is 2. The number of carbonyl (C=O) groups excluding carboxylic acids is 3. The molecule has 0 unspecified atom stereocenters. The lowest BCUT2D eigenvalue weighted by atomic mass is 10.1. The molecule has 0 aromatic heterocycles. The minimum Gasteiger partial charge on any atom is -0.324 e. The second-order valence-corrected chi connectivity index (χ2v) is 6.09. The van der Waals surface area contributed by atoms with E-state index in [4.69, 9.17) is 0 Å². The number of benzene rings is 1. The average molecular weight is 352 g/mol. The van der Waals surface area contributed by atoms with Crippen LogP contribution in [0.3, 0.4) is 0 Å². The minimum absolute atomic E-state index is 0.0416. The van der Waals surface area contributed by atoms with Crippen molar-refractivity contribution in [2.45, 2.75) is 32.7 Å². The summed E-state index contributed by atoms with van der Waals surface area (Å²) in [5.41, 5.74) is 0.770. The molecule has 25 heavy (non-hydrogen) atoms. The van der Waals surface area contributed by atoms with Crippen molar-refractivity contribution < 1.29 is 23.2 Å². The van der Waals surface area contributed by atoms with Crippen molar-refractivity contribution in [1.29, 1.82) is 0 Å². The van der Waals surface area contributed by atoms with Crippen LogP contribution in [0.5, 0.6) is 0 Å². The third-order valence-corrected chi connectivity index (χ3v) is 3.68. The lowest BCUT2D eigenvalue weighted by Gasteiger charge is -2.15. The van der Waals surface area contributed by atoms with Gasteiger partial charge in [0.25, 0.3) is 5.91 Å². The van der Waals surface area contributed by atoms with Gasteiger partial charge in [0.2, 0.25) is 5.91 Å². The summed E-state index contributed by atoms with van der Waals surface area (Å²) >= 11 is 0. The maximum atomic E-state index is 13.6. The molecule has 1 aliphatic rings. The second-order valence-electron chi connectivity index (χ2n) is 6.09. The van der Waals surface area contributed by atoms with Crippen LogP contribution in [0.15, 0.2) is 23.3 Å². The largest absolute Gasteiger partial charge is 0.325 e. The summed E-state index contributed by atoms with van der Waals surface area (Å²) in [5.74, 6) is -2.62. The van der Waals surface area contributed by atoms with Crippen LogP contribution in [0.4, 0.5) is 13.6 Å². The zero-order valence-electron chi connectivity index (χ0n) is 14.0. The van der Waals surface area contributed by atoms with E-state index in [-0.39, 0.29) is 24.2 Å². The maximum absolute atomic E-state index is 13.6. The Morgan fingerprint density at radius 3 is 2.40 bits per heavy atom. The van der Waals surface area contributed by atoms with Crippen molar-refractivity contribution in [2.24, 2.45) is 5.10 Å². The van der Waals surface area contributed by atoms with Gasteiger partial charge in [0.1, 0.15) is 17.2 Å². The summed E-state index contributed by atoms with van der Waals surface area (Å²) in [7, 11) is 0. The molecule has 0 spiro atoms. The van der Waals surface area contributed by atoms with Crippen LogP contribution in [0.2, 0.25) is 0 Å². The number of nitrogens with zero attached hydrogens (tertiary/aromatic N) is 2. The van der Waals surface area contributed by atoms with Gasteiger partial charge in [-0.25, -0.2) is 19.0 Å². The number of rotatable bonds is 5. The van der Waals surface area contributed by atoms with Crippen molar-refractivity contribution in [3.05, 3.63) is 35.4 Å². The van der Waals surface area contributed by atoms with E-state index in [1.54, 1.807) is 13.8 Å². The summed E-state index contributed by atoms with van der Waals surface area (Å²) in [4.78, 5) is 36.4. The van der Waals surface area contributed by atoms with Gasteiger partial charge in [-0.15, -0.1) is 0 Å². The van der Waals surface area contributed by atoms with E-state index >= 15 is 0 Å². The quantitative estimate of drug-likeness (QED) is 0.478. The molecular formula is C16H18F2N4O3. The molecule has 0 saturated carbocycles. The molecule has 7 nitrogen and oxygen atoms in total. The lowest BCUT2D eigenvalue weighted by molar-refractivity contribution is -0.130. The second kappa shape index (κ2) is 6.96. The van der Waals surface area contributed by atoms with Crippen LogP contribution in [0.25, 0.3) is 0 Å². The smallest absolute Gasteiger partial charge is 0.324 e. The molecule has 1 heterocycles. The Bertz CT molecular complexity index is 741. The normalized spacial score (nSPS) is 16.8.